The number of likely N-dealkylation sites (tertiary alicyclic amines) is 1. The Hall–Kier alpha value is -1.69. The molecule has 6 heteroatoms. The fourth-order valence-corrected chi connectivity index (χ4v) is 2.18. The molecule has 1 aromatic heterocycles. The van der Waals surface area contributed by atoms with Crippen LogP contribution in [-0.4, -0.2) is 44.8 Å². The van der Waals surface area contributed by atoms with Crippen LogP contribution in [0.25, 0.3) is 0 Å². The molecule has 1 aliphatic rings. The molecule has 2 rings (SSSR count). The molecule has 1 aliphatic heterocycles. The number of carbonyl (C=O) groups is 1. The molecule has 20 heavy (non-hydrogen) atoms. The summed E-state index contributed by atoms with van der Waals surface area (Å²) in [5.41, 5.74) is -0.952. The molecule has 1 aromatic rings. The third-order valence-electron chi connectivity index (χ3n) is 3.28. The summed E-state index contributed by atoms with van der Waals surface area (Å²) >= 11 is 0. The average molecular weight is 279 g/mol. The second-order valence-electron chi connectivity index (χ2n) is 6.09. The van der Waals surface area contributed by atoms with Crippen LogP contribution in [0.2, 0.25) is 0 Å². The number of carbonyl (C=O) groups excluding carboxylic acids is 1. The zero-order valence-electron chi connectivity index (χ0n) is 12.2. The number of aromatic nitrogens is 2. The molecule has 0 unspecified atom stereocenters. The first kappa shape index (κ1) is 14.7. The summed E-state index contributed by atoms with van der Waals surface area (Å²) in [6.07, 6.45) is 5.24. The molecule has 1 N–H and O–H groups in total. The van der Waals surface area contributed by atoms with Gasteiger partial charge in [0.25, 0.3) is 0 Å². The minimum atomic E-state index is -1.01. The Morgan fingerprint density at radius 2 is 2.00 bits per heavy atom. The Balaban J connectivity index is 1.97. The van der Waals surface area contributed by atoms with Crippen molar-refractivity contribution in [1.82, 2.24) is 14.9 Å². The van der Waals surface area contributed by atoms with E-state index in [1.54, 1.807) is 23.5 Å². The molecule has 6 nitrogen and oxygen atoms in total. The number of amides is 1. The van der Waals surface area contributed by atoms with E-state index < -0.39 is 11.2 Å². The van der Waals surface area contributed by atoms with Gasteiger partial charge in [-0.05, 0) is 33.6 Å². The van der Waals surface area contributed by atoms with Gasteiger partial charge in [-0.15, -0.1) is 0 Å². The predicted molar refractivity (Wildman–Crippen MR) is 73.0 cm³/mol. The Bertz CT molecular complexity index is 462. The summed E-state index contributed by atoms with van der Waals surface area (Å²) in [5, 5.41) is 10.6. The highest BCUT2D eigenvalue weighted by atomic mass is 16.6. The highest BCUT2D eigenvalue weighted by molar-refractivity contribution is 5.68. The largest absolute Gasteiger partial charge is 0.444 e. The second-order valence-corrected chi connectivity index (χ2v) is 6.09. The second kappa shape index (κ2) is 5.36. The van der Waals surface area contributed by atoms with Crippen molar-refractivity contribution < 1.29 is 14.6 Å². The number of rotatable bonds is 1. The smallest absolute Gasteiger partial charge is 0.410 e. The lowest BCUT2D eigenvalue weighted by Crippen LogP contribution is -2.47. The molecule has 0 aliphatic carbocycles. The molecule has 110 valence electrons. The zero-order valence-corrected chi connectivity index (χ0v) is 12.2. The highest BCUT2D eigenvalue weighted by Crippen LogP contribution is 2.31. The maximum atomic E-state index is 12.0. The maximum Gasteiger partial charge on any atom is 0.410 e. The lowest BCUT2D eigenvalue weighted by Gasteiger charge is -2.38. The summed E-state index contributed by atoms with van der Waals surface area (Å²) < 4.78 is 5.33. The lowest BCUT2D eigenvalue weighted by atomic mass is 9.88. The normalized spacial score (nSPS) is 18.7. The molecule has 2 heterocycles. The summed E-state index contributed by atoms with van der Waals surface area (Å²) in [6, 6.07) is 0. The van der Waals surface area contributed by atoms with E-state index in [1.807, 2.05) is 20.8 Å². The fourth-order valence-electron chi connectivity index (χ4n) is 2.18. The third kappa shape index (κ3) is 3.45. The van der Waals surface area contributed by atoms with Crippen molar-refractivity contribution in [3.63, 3.8) is 0 Å². The molecule has 1 saturated heterocycles. The van der Waals surface area contributed by atoms with Gasteiger partial charge < -0.3 is 14.7 Å². The van der Waals surface area contributed by atoms with Crippen molar-refractivity contribution >= 4 is 6.09 Å². The highest BCUT2D eigenvalue weighted by Gasteiger charge is 2.37. The molecule has 0 radical (unpaired) electrons. The van der Waals surface area contributed by atoms with E-state index in [2.05, 4.69) is 9.97 Å². The molecule has 0 spiro atoms. The van der Waals surface area contributed by atoms with Crippen LogP contribution in [0.4, 0.5) is 4.79 Å². The van der Waals surface area contributed by atoms with E-state index in [1.165, 1.54) is 0 Å². The minimum absolute atomic E-state index is 0.335. The number of aliphatic hydroxyl groups is 1. The van der Waals surface area contributed by atoms with Gasteiger partial charge in [0.05, 0.1) is 11.9 Å². The summed E-state index contributed by atoms with van der Waals surface area (Å²) in [4.78, 5) is 21.7. The molecule has 1 fully saturated rings. The Morgan fingerprint density at radius 3 is 2.50 bits per heavy atom. The predicted octanol–water partition coefficient (Wildman–Crippen LogP) is 1.70. The van der Waals surface area contributed by atoms with Crippen LogP contribution in [-0.2, 0) is 10.3 Å². The SMILES string of the molecule is CC(C)(C)OC(=O)N1CCC(O)(c2cnccn2)CC1. The Kier molecular flexibility index (Phi) is 3.94. The first-order valence-corrected chi connectivity index (χ1v) is 6.77. The first-order chi connectivity index (χ1) is 9.30. The van der Waals surface area contributed by atoms with E-state index in [9.17, 15) is 9.90 Å². The summed E-state index contributed by atoms with van der Waals surface area (Å²) in [7, 11) is 0. The van der Waals surface area contributed by atoms with Gasteiger partial charge in [-0.1, -0.05) is 0 Å². The average Bonchev–Trinajstić information content (AvgIpc) is 2.38. The van der Waals surface area contributed by atoms with Gasteiger partial charge in [-0.25, -0.2) is 4.79 Å². The number of nitrogens with zero attached hydrogens (tertiary/aromatic N) is 3. The molecule has 0 atom stereocenters. The summed E-state index contributed by atoms with van der Waals surface area (Å²) in [5.74, 6) is 0. The minimum Gasteiger partial charge on any atom is -0.444 e. The van der Waals surface area contributed by atoms with Crippen LogP contribution in [0, 0.1) is 0 Å². The van der Waals surface area contributed by atoms with Gasteiger partial charge >= 0.3 is 6.09 Å². The van der Waals surface area contributed by atoms with Crippen molar-refractivity contribution in [3.05, 3.63) is 24.3 Å². The number of hydrogen-bond acceptors (Lipinski definition) is 5. The third-order valence-corrected chi connectivity index (χ3v) is 3.28. The molecule has 0 saturated carbocycles. The van der Waals surface area contributed by atoms with Crippen molar-refractivity contribution in [3.8, 4) is 0 Å². The summed E-state index contributed by atoms with van der Waals surface area (Å²) in [6.45, 7) is 6.41. The van der Waals surface area contributed by atoms with Gasteiger partial charge in [0, 0.05) is 25.5 Å². The maximum absolute atomic E-state index is 12.0. The van der Waals surface area contributed by atoms with E-state index >= 15 is 0 Å². The lowest BCUT2D eigenvalue weighted by molar-refractivity contribution is -0.0383. The van der Waals surface area contributed by atoms with E-state index in [0.717, 1.165) is 0 Å². The van der Waals surface area contributed by atoms with Crippen LogP contribution < -0.4 is 0 Å². The van der Waals surface area contributed by atoms with Gasteiger partial charge in [-0.3, -0.25) is 9.97 Å². The van der Waals surface area contributed by atoms with Crippen molar-refractivity contribution in [2.45, 2.75) is 44.8 Å². The molecular formula is C14H21N3O3. The molecule has 1 amide bonds. The van der Waals surface area contributed by atoms with E-state index in [0.29, 0.717) is 31.6 Å². The quantitative estimate of drug-likeness (QED) is 0.846. The van der Waals surface area contributed by atoms with Crippen LogP contribution in [0.3, 0.4) is 0 Å². The van der Waals surface area contributed by atoms with Crippen LogP contribution >= 0.6 is 0 Å². The number of hydrogen-bond donors (Lipinski definition) is 1. The van der Waals surface area contributed by atoms with Crippen molar-refractivity contribution in [2.75, 3.05) is 13.1 Å². The number of piperidine rings is 1. The van der Waals surface area contributed by atoms with Gasteiger partial charge in [0.15, 0.2) is 0 Å². The standard InChI is InChI=1S/C14H21N3O3/c1-13(2,3)20-12(18)17-8-4-14(19,5-9-17)11-10-15-6-7-16-11/h6-7,10,19H,4-5,8-9H2,1-3H3. The molecule has 0 aromatic carbocycles. The zero-order chi connectivity index (χ0) is 14.8. The van der Waals surface area contributed by atoms with E-state index in [4.69, 9.17) is 4.74 Å². The van der Waals surface area contributed by atoms with Gasteiger partial charge in [0.1, 0.15) is 11.2 Å². The van der Waals surface area contributed by atoms with Crippen molar-refractivity contribution in [1.29, 1.82) is 0 Å². The number of ether oxygens (including phenoxy) is 1. The van der Waals surface area contributed by atoms with E-state index in [-0.39, 0.29) is 6.09 Å². The van der Waals surface area contributed by atoms with Gasteiger partial charge in [-0.2, -0.15) is 0 Å². The topological polar surface area (TPSA) is 75.5 Å². The van der Waals surface area contributed by atoms with Crippen LogP contribution in [0.1, 0.15) is 39.3 Å². The van der Waals surface area contributed by atoms with Gasteiger partial charge in [0.2, 0.25) is 0 Å². The Labute approximate surface area is 118 Å². The monoisotopic (exact) mass is 279 g/mol. The van der Waals surface area contributed by atoms with Crippen LogP contribution in [0.15, 0.2) is 18.6 Å². The van der Waals surface area contributed by atoms with Crippen molar-refractivity contribution in [2.24, 2.45) is 0 Å². The Morgan fingerprint density at radius 1 is 1.35 bits per heavy atom. The molecular weight excluding hydrogens is 258 g/mol. The molecule has 0 bridgehead atoms. The van der Waals surface area contributed by atoms with Crippen LogP contribution in [0.5, 0.6) is 0 Å². The fraction of sp³-hybridized carbons (Fsp3) is 0.643. The first-order valence-electron chi connectivity index (χ1n) is 6.77.